The molecule has 3 N–H and O–H groups in total. The highest BCUT2D eigenvalue weighted by molar-refractivity contribution is 7.87. The van der Waals surface area contributed by atoms with Gasteiger partial charge in [-0.15, -0.1) is 6.58 Å². The van der Waals surface area contributed by atoms with E-state index in [1.54, 1.807) is 0 Å². The van der Waals surface area contributed by atoms with Gasteiger partial charge >= 0.3 is 11.9 Å². The lowest BCUT2D eigenvalue weighted by atomic mass is 9.72. The number of carboxylic acid groups (broad SMARTS) is 2. The number of allylic oxidation sites excluding steroid dienone is 1. The molecule has 8 heteroatoms. The number of rotatable bonds is 12. The highest BCUT2D eigenvalue weighted by Crippen LogP contribution is 2.41. The molecule has 0 aliphatic rings. The summed E-state index contributed by atoms with van der Waals surface area (Å²) in [6.07, 6.45) is 3.64. The van der Waals surface area contributed by atoms with Crippen molar-refractivity contribution in [2.75, 3.05) is 0 Å². The molecule has 0 aliphatic heterocycles. The highest BCUT2D eigenvalue weighted by Gasteiger charge is 2.56. The molecule has 0 rings (SSSR count). The first-order valence-corrected chi connectivity index (χ1v) is 9.10. The van der Waals surface area contributed by atoms with E-state index in [-0.39, 0.29) is 18.8 Å². The van der Waals surface area contributed by atoms with E-state index in [1.807, 2.05) is 13.8 Å². The van der Waals surface area contributed by atoms with Crippen LogP contribution in [0.5, 0.6) is 0 Å². The van der Waals surface area contributed by atoms with E-state index >= 15 is 0 Å². The van der Waals surface area contributed by atoms with Crippen LogP contribution < -0.4 is 0 Å². The van der Waals surface area contributed by atoms with E-state index in [4.69, 9.17) is 0 Å². The number of carbonyl (C=O) groups is 2. The van der Waals surface area contributed by atoms with Crippen LogP contribution in [0.3, 0.4) is 0 Å². The van der Waals surface area contributed by atoms with Crippen molar-refractivity contribution in [1.82, 2.24) is 0 Å². The first-order chi connectivity index (χ1) is 10.6. The Morgan fingerprint density at radius 1 is 1.26 bits per heavy atom. The van der Waals surface area contributed by atoms with Crippen LogP contribution in [0.25, 0.3) is 0 Å². The van der Waals surface area contributed by atoms with Crippen LogP contribution in [0.2, 0.25) is 0 Å². The maximum absolute atomic E-state index is 11.8. The highest BCUT2D eigenvalue weighted by atomic mass is 32.2. The van der Waals surface area contributed by atoms with Gasteiger partial charge in [-0.3, -0.25) is 14.1 Å². The van der Waals surface area contributed by atoms with Crippen LogP contribution in [0.4, 0.5) is 0 Å². The molecule has 0 aromatic carbocycles. The van der Waals surface area contributed by atoms with E-state index in [2.05, 4.69) is 6.58 Å². The Balaban J connectivity index is 6.02. The Morgan fingerprint density at radius 3 is 2.13 bits per heavy atom. The zero-order valence-electron chi connectivity index (χ0n) is 13.6. The molecule has 3 unspecified atom stereocenters. The van der Waals surface area contributed by atoms with Gasteiger partial charge in [0.2, 0.25) is 0 Å². The van der Waals surface area contributed by atoms with Gasteiger partial charge < -0.3 is 10.2 Å². The zero-order valence-corrected chi connectivity index (χ0v) is 14.4. The molecule has 0 spiro atoms. The lowest BCUT2D eigenvalue weighted by Crippen LogP contribution is -2.51. The minimum absolute atomic E-state index is 0.151. The molecule has 0 amide bonds. The molecule has 0 saturated carbocycles. The Labute approximate surface area is 137 Å². The Morgan fingerprint density at radius 2 is 1.83 bits per heavy atom. The molecule has 0 aliphatic carbocycles. The quantitative estimate of drug-likeness (QED) is 0.364. The molecule has 0 bridgehead atoms. The van der Waals surface area contributed by atoms with Gasteiger partial charge in [-0.05, 0) is 18.8 Å². The summed E-state index contributed by atoms with van der Waals surface area (Å²) in [6, 6.07) is 0. The maximum Gasteiger partial charge on any atom is 0.325 e. The maximum atomic E-state index is 11.8. The Bertz CT molecular complexity index is 526. The topological polar surface area (TPSA) is 129 Å². The van der Waals surface area contributed by atoms with E-state index in [9.17, 15) is 32.8 Å². The van der Waals surface area contributed by atoms with E-state index in [1.165, 1.54) is 6.08 Å². The van der Waals surface area contributed by atoms with Gasteiger partial charge in [-0.1, -0.05) is 45.6 Å². The van der Waals surface area contributed by atoms with Gasteiger partial charge in [0.15, 0.2) is 5.25 Å². The summed E-state index contributed by atoms with van der Waals surface area (Å²) in [5.74, 6) is -3.59. The summed E-state index contributed by atoms with van der Waals surface area (Å²) < 4.78 is 32.4. The number of hydrogen-bond donors (Lipinski definition) is 3. The Hall–Kier alpha value is -1.41. The number of aliphatic carboxylic acids is 2. The smallest absolute Gasteiger partial charge is 0.325 e. The van der Waals surface area contributed by atoms with Crippen molar-refractivity contribution in [3.63, 3.8) is 0 Å². The van der Waals surface area contributed by atoms with Crippen molar-refractivity contribution in [1.29, 1.82) is 0 Å². The standard InChI is InChI=1S/C15H26O7S/c1-4-7-8-11(6-3)10-15(9-5-2,14(18)19)12(13(16)17)23(20,21)22/h5,11-12H,2,4,6-10H2,1,3H3,(H,16,17)(H,18,19)(H,20,21,22). The van der Waals surface area contributed by atoms with Gasteiger partial charge in [0.1, 0.15) is 5.41 Å². The summed E-state index contributed by atoms with van der Waals surface area (Å²) >= 11 is 0. The molecule has 23 heavy (non-hydrogen) atoms. The number of carboxylic acids is 2. The van der Waals surface area contributed by atoms with Crippen molar-refractivity contribution < 1.29 is 32.8 Å². The second-order valence-corrected chi connectivity index (χ2v) is 7.31. The molecule has 0 radical (unpaired) electrons. The molecular formula is C15H26O7S. The monoisotopic (exact) mass is 350 g/mol. The van der Waals surface area contributed by atoms with Crippen molar-refractivity contribution in [2.24, 2.45) is 11.3 Å². The fraction of sp³-hybridized carbons (Fsp3) is 0.733. The third-order valence-corrected chi connectivity index (χ3v) is 5.40. The summed E-state index contributed by atoms with van der Waals surface area (Å²) in [6.45, 7) is 7.22. The van der Waals surface area contributed by atoms with Gasteiger partial charge in [0.05, 0.1) is 0 Å². The summed E-state index contributed by atoms with van der Waals surface area (Å²) in [5, 5.41) is 16.4. The summed E-state index contributed by atoms with van der Waals surface area (Å²) in [4.78, 5) is 23.3. The van der Waals surface area contributed by atoms with Crippen molar-refractivity contribution in [2.45, 2.75) is 57.6 Å². The minimum Gasteiger partial charge on any atom is -0.481 e. The average Bonchev–Trinajstić information content (AvgIpc) is 2.41. The normalized spacial score (nSPS) is 17.0. The molecule has 0 saturated heterocycles. The molecule has 134 valence electrons. The van der Waals surface area contributed by atoms with Crippen LogP contribution in [0.1, 0.15) is 52.4 Å². The van der Waals surface area contributed by atoms with Gasteiger partial charge in [0.25, 0.3) is 10.1 Å². The third kappa shape index (κ3) is 5.62. The molecular weight excluding hydrogens is 324 g/mol. The van der Waals surface area contributed by atoms with Crippen molar-refractivity contribution >= 4 is 22.1 Å². The van der Waals surface area contributed by atoms with Crippen molar-refractivity contribution in [3.05, 3.63) is 12.7 Å². The zero-order chi connectivity index (χ0) is 18.3. The fourth-order valence-corrected chi connectivity index (χ4v) is 4.07. The molecule has 0 aromatic heterocycles. The number of unbranched alkanes of at least 4 members (excludes halogenated alkanes) is 1. The average molecular weight is 350 g/mol. The molecule has 0 heterocycles. The van der Waals surface area contributed by atoms with Crippen LogP contribution in [-0.4, -0.2) is 40.4 Å². The summed E-state index contributed by atoms with van der Waals surface area (Å²) in [7, 11) is -5.09. The lowest BCUT2D eigenvalue weighted by molar-refractivity contribution is -0.156. The van der Waals surface area contributed by atoms with Gasteiger partial charge in [-0.2, -0.15) is 8.42 Å². The predicted molar refractivity (Wildman–Crippen MR) is 85.8 cm³/mol. The number of hydrogen-bond acceptors (Lipinski definition) is 4. The third-order valence-electron chi connectivity index (χ3n) is 4.15. The fourth-order valence-electron chi connectivity index (χ4n) is 2.95. The summed E-state index contributed by atoms with van der Waals surface area (Å²) in [5.41, 5.74) is -2.14. The second-order valence-electron chi connectivity index (χ2n) is 5.81. The molecule has 7 nitrogen and oxygen atoms in total. The van der Waals surface area contributed by atoms with Crippen LogP contribution in [0.15, 0.2) is 12.7 Å². The van der Waals surface area contributed by atoms with Crippen LogP contribution in [-0.2, 0) is 19.7 Å². The van der Waals surface area contributed by atoms with Gasteiger partial charge in [-0.25, -0.2) is 0 Å². The molecule has 0 aromatic rings. The SMILES string of the molecule is C=CCC(CC(CC)CCCC)(C(=O)O)C(C(=O)O)S(=O)(=O)O. The predicted octanol–water partition coefficient (Wildman–Crippen LogP) is 2.58. The van der Waals surface area contributed by atoms with Crippen molar-refractivity contribution in [3.8, 4) is 0 Å². The van der Waals surface area contributed by atoms with Gasteiger partial charge in [0, 0.05) is 0 Å². The van der Waals surface area contributed by atoms with E-state index in [0.29, 0.717) is 12.8 Å². The molecule has 3 atom stereocenters. The Kier molecular flexibility index (Phi) is 8.47. The largest absolute Gasteiger partial charge is 0.481 e. The van der Waals surface area contributed by atoms with E-state index in [0.717, 1.165) is 12.8 Å². The second kappa shape index (κ2) is 9.02. The van der Waals surface area contributed by atoms with Crippen LogP contribution in [0, 0.1) is 11.3 Å². The van der Waals surface area contributed by atoms with Crippen LogP contribution >= 0.6 is 0 Å². The first kappa shape index (κ1) is 21.6. The van der Waals surface area contributed by atoms with E-state index < -0.39 is 32.7 Å². The first-order valence-electron chi connectivity index (χ1n) is 7.60. The lowest BCUT2D eigenvalue weighted by Gasteiger charge is -2.35. The molecule has 0 fully saturated rings. The minimum atomic E-state index is -5.09.